The van der Waals surface area contributed by atoms with Crippen LogP contribution in [0.15, 0.2) is 0 Å². The summed E-state index contributed by atoms with van der Waals surface area (Å²) in [5.74, 6) is -10.5. The zero-order chi connectivity index (χ0) is 56.0. The molecule has 0 saturated heterocycles. The van der Waals surface area contributed by atoms with Crippen molar-refractivity contribution in [2.75, 3.05) is 37.2 Å². The third kappa shape index (κ3) is 28.7. The Morgan fingerprint density at radius 1 is 0.466 bits per heavy atom. The van der Waals surface area contributed by atoms with E-state index in [1.807, 2.05) is 6.26 Å². The summed E-state index contributed by atoms with van der Waals surface area (Å²) in [4.78, 5) is 145. The fourth-order valence-corrected chi connectivity index (χ4v) is 8.02. The van der Waals surface area contributed by atoms with Gasteiger partial charge in [-0.15, -0.1) is 0 Å². The molecule has 0 heterocycles. The van der Waals surface area contributed by atoms with E-state index in [-0.39, 0.29) is 75.7 Å². The Morgan fingerprint density at radius 3 is 1.25 bits per heavy atom. The molecule has 9 atom stereocenters. The molecular weight excluding hydrogens is 995 g/mol. The summed E-state index contributed by atoms with van der Waals surface area (Å²) in [7, 11) is 0. The van der Waals surface area contributed by atoms with E-state index < -0.39 is 133 Å². The quantitative estimate of drug-likeness (QED) is 0.0290. The average molecular weight is 1080 g/mol. The van der Waals surface area contributed by atoms with Crippen molar-refractivity contribution in [2.45, 2.75) is 167 Å². The molecule has 0 aromatic carbocycles. The Kier molecular flexibility index (Phi) is 34.0. The highest BCUT2D eigenvalue weighted by Crippen LogP contribution is 2.13. The summed E-state index contributed by atoms with van der Waals surface area (Å²) < 4.78 is 0. The molecule has 418 valence electrons. The maximum atomic E-state index is 14.0. The minimum Gasteiger partial charge on any atom is -0.481 e. The van der Waals surface area contributed by atoms with E-state index in [1.54, 1.807) is 47.8 Å². The van der Waals surface area contributed by atoms with Gasteiger partial charge in [-0.25, -0.2) is 4.79 Å². The van der Waals surface area contributed by atoms with Gasteiger partial charge in [0.2, 0.25) is 53.2 Å². The maximum absolute atomic E-state index is 14.0. The predicted octanol–water partition coefficient (Wildman–Crippen LogP) is -2.22. The summed E-state index contributed by atoms with van der Waals surface area (Å²) in [6.45, 7) is 9.69. The van der Waals surface area contributed by atoms with Gasteiger partial charge in [0.25, 0.3) is 0 Å². The Labute approximate surface area is 436 Å². The van der Waals surface area contributed by atoms with Crippen LogP contribution in [0.3, 0.4) is 0 Å². The molecule has 0 radical (unpaired) electrons. The topological polar surface area (TPSA) is 423 Å². The van der Waals surface area contributed by atoms with Gasteiger partial charge in [0.15, 0.2) is 0 Å². The van der Waals surface area contributed by atoms with Crippen molar-refractivity contribution >= 4 is 88.6 Å². The largest absolute Gasteiger partial charge is 0.481 e. The van der Waals surface area contributed by atoms with Crippen LogP contribution in [-0.2, 0) is 52.7 Å². The lowest BCUT2D eigenvalue weighted by atomic mass is 10.00. The smallest absolute Gasteiger partial charge is 0.326 e. The second-order valence-electron chi connectivity index (χ2n) is 19.0. The molecule has 0 unspecified atom stereocenters. The second kappa shape index (κ2) is 36.6. The van der Waals surface area contributed by atoms with E-state index in [1.165, 1.54) is 23.5 Å². The summed E-state index contributed by atoms with van der Waals surface area (Å²) >= 11 is 2.79. The van der Waals surface area contributed by atoms with E-state index in [0.717, 1.165) is 0 Å². The Morgan fingerprint density at radius 2 is 0.822 bits per heavy atom. The summed E-state index contributed by atoms with van der Waals surface area (Å²) in [5.41, 5.74) is 17.0. The van der Waals surface area contributed by atoms with Gasteiger partial charge in [0.1, 0.15) is 48.3 Å². The highest BCUT2D eigenvalue weighted by molar-refractivity contribution is 7.98. The van der Waals surface area contributed by atoms with Crippen LogP contribution in [0.4, 0.5) is 0 Å². The number of unbranched alkanes of at least 4 members (excludes halogenated alkanes) is 1. The monoisotopic (exact) mass is 1080 g/mol. The van der Waals surface area contributed by atoms with Crippen molar-refractivity contribution in [1.82, 2.24) is 42.5 Å². The second-order valence-corrected chi connectivity index (χ2v) is 20.9. The molecule has 0 rings (SSSR count). The fourth-order valence-electron chi connectivity index (χ4n) is 7.06. The predicted molar refractivity (Wildman–Crippen MR) is 276 cm³/mol. The van der Waals surface area contributed by atoms with E-state index in [9.17, 15) is 68.1 Å². The SMILES string of the molecule is CSCC[C@H](NC(=O)[C@H](CCC(N)=O)NC(=O)[C@@H](N)CCSC)C(=O)N[C@@H](CO)C(=O)N[C@@H](CC(C)C)C(=O)N[C@@H](CCCCN)C(=O)N[C@@H](CC(=O)O)C(=O)N[C@@H](CC(C)C)C(=O)N[C@@H](CC(C)C)C(=O)O. The van der Waals surface area contributed by atoms with Gasteiger partial charge in [0.05, 0.1) is 19.1 Å². The number of carbonyl (C=O) groups excluding carboxylic acids is 9. The van der Waals surface area contributed by atoms with Crippen molar-refractivity contribution in [3.05, 3.63) is 0 Å². The van der Waals surface area contributed by atoms with Crippen LogP contribution in [0.1, 0.15) is 112 Å². The zero-order valence-corrected chi connectivity index (χ0v) is 45.0. The summed E-state index contributed by atoms with van der Waals surface area (Å²) in [5, 5.41) is 49.5. The number of hydrogen-bond donors (Lipinski definition) is 14. The van der Waals surface area contributed by atoms with Crippen LogP contribution in [0.5, 0.6) is 0 Å². The molecule has 0 fully saturated rings. The molecule has 17 N–H and O–H groups in total. The Hall–Kier alpha value is -5.25. The van der Waals surface area contributed by atoms with Crippen LogP contribution in [0, 0.1) is 17.8 Å². The zero-order valence-electron chi connectivity index (χ0n) is 43.4. The van der Waals surface area contributed by atoms with Crippen LogP contribution in [-0.4, -0.2) is 172 Å². The molecule has 25 nitrogen and oxygen atoms in total. The lowest BCUT2D eigenvalue weighted by Crippen LogP contribution is -2.61. The number of nitrogens with two attached hydrogens (primary N) is 3. The van der Waals surface area contributed by atoms with Crippen LogP contribution >= 0.6 is 23.5 Å². The van der Waals surface area contributed by atoms with E-state index >= 15 is 0 Å². The number of amides is 9. The number of carboxylic acid groups (broad SMARTS) is 2. The summed E-state index contributed by atoms with van der Waals surface area (Å²) in [6, 6.07) is -12.5. The lowest BCUT2D eigenvalue weighted by Gasteiger charge is -2.28. The lowest BCUT2D eigenvalue weighted by molar-refractivity contribution is -0.143. The molecule has 0 aromatic rings. The first kappa shape index (κ1) is 67.8. The number of aliphatic carboxylic acids is 2. The minimum absolute atomic E-state index is 0.0166. The van der Waals surface area contributed by atoms with Crippen LogP contribution < -0.4 is 59.7 Å². The summed E-state index contributed by atoms with van der Waals surface area (Å²) in [6.07, 6.45) is 3.07. The molecule has 0 aromatic heterocycles. The number of aliphatic hydroxyl groups is 1. The first-order valence-electron chi connectivity index (χ1n) is 24.4. The Balaban J connectivity index is 6.56. The minimum atomic E-state index is -1.79. The van der Waals surface area contributed by atoms with E-state index in [2.05, 4.69) is 42.5 Å². The molecule has 0 aliphatic rings. The molecule has 27 heteroatoms. The molecule has 73 heavy (non-hydrogen) atoms. The molecule has 0 bridgehead atoms. The standard InChI is InChI=1S/C46H83N11O14S2/c1-24(2)19-31(54-45(69)35(23-58)57-41(65)30(15-18-73-8)52-40(64)29(12-13-36(49)59)50-38(62)27(48)14-17-72-7)42(66)51-28(11-9-10-16-47)39(63)55-33(22-37(60)61)44(68)53-32(20-25(3)4)43(67)56-34(46(70)71)21-26(5)6/h24-35,58H,9-23,47-48H2,1-8H3,(H2,49,59)(H,50,62)(H,51,66)(H,52,64)(H,53,68)(H,54,69)(H,55,63)(H,56,67)(H,57,65)(H,60,61)(H,70,71)/t27-,28-,29-,30-,31-,32-,33-,34-,35-/m0/s1. The van der Waals surface area contributed by atoms with Crippen molar-refractivity contribution in [1.29, 1.82) is 0 Å². The third-order valence-corrected chi connectivity index (χ3v) is 12.2. The molecule has 0 aliphatic carbocycles. The fraction of sp³-hybridized carbons (Fsp3) is 0.761. The number of rotatable bonds is 39. The first-order valence-corrected chi connectivity index (χ1v) is 27.2. The van der Waals surface area contributed by atoms with Gasteiger partial charge >= 0.3 is 11.9 Å². The maximum Gasteiger partial charge on any atom is 0.326 e. The van der Waals surface area contributed by atoms with Gasteiger partial charge in [-0.2, -0.15) is 23.5 Å². The van der Waals surface area contributed by atoms with Crippen molar-refractivity contribution in [2.24, 2.45) is 35.0 Å². The number of hydrogen-bond acceptors (Lipinski definition) is 16. The number of carbonyl (C=O) groups is 11. The van der Waals surface area contributed by atoms with Crippen LogP contribution in [0.25, 0.3) is 0 Å². The van der Waals surface area contributed by atoms with E-state index in [4.69, 9.17) is 17.2 Å². The highest BCUT2D eigenvalue weighted by atomic mass is 32.2. The van der Waals surface area contributed by atoms with Crippen molar-refractivity contribution in [3.8, 4) is 0 Å². The van der Waals surface area contributed by atoms with Crippen molar-refractivity contribution in [3.63, 3.8) is 0 Å². The normalized spacial score (nSPS) is 15.0. The van der Waals surface area contributed by atoms with Gasteiger partial charge in [-0.05, 0) is 106 Å². The highest BCUT2D eigenvalue weighted by Gasteiger charge is 2.36. The van der Waals surface area contributed by atoms with Gasteiger partial charge in [-0.3, -0.25) is 47.9 Å². The van der Waals surface area contributed by atoms with E-state index in [0.29, 0.717) is 24.3 Å². The number of aliphatic hydroxyl groups excluding tert-OH is 1. The number of primary amides is 1. The average Bonchev–Trinajstić information content (AvgIpc) is 3.30. The van der Waals surface area contributed by atoms with Crippen LogP contribution in [0.2, 0.25) is 0 Å². The molecular formula is C46H83N11O14S2. The molecule has 9 amide bonds. The number of thioether (sulfide) groups is 2. The molecule has 0 spiro atoms. The first-order chi connectivity index (χ1) is 34.2. The third-order valence-electron chi connectivity index (χ3n) is 10.9. The van der Waals surface area contributed by atoms with Crippen molar-refractivity contribution < 1.29 is 68.1 Å². The number of carboxylic acids is 2. The molecule has 0 saturated carbocycles. The van der Waals surface area contributed by atoms with Gasteiger partial charge in [-0.1, -0.05) is 41.5 Å². The van der Waals surface area contributed by atoms with Gasteiger partial charge < -0.3 is 75.1 Å². The van der Waals surface area contributed by atoms with Gasteiger partial charge in [0, 0.05) is 6.42 Å². The Bertz CT molecular complexity index is 1830. The number of nitrogens with one attached hydrogen (secondary N) is 8. The molecule has 0 aliphatic heterocycles.